The van der Waals surface area contributed by atoms with Crippen LogP contribution in [0.25, 0.3) is 0 Å². The van der Waals surface area contributed by atoms with E-state index in [-0.39, 0.29) is 24.0 Å². The molecule has 1 atom stereocenters. The number of aliphatic imine (C=N–C) groups is 1. The van der Waals surface area contributed by atoms with Crippen LogP contribution in [0.1, 0.15) is 25.3 Å². The number of hydrogen-bond acceptors (Lipinski definition) is 3. The molecule has 27 heavy (non-hydrogen) atoms. The van der Waals surface area contributed by atoms with E-state index >= 15 is 0 Å². The van der Waals surface area contributed by atoms with Gasteiger partial charge in [-0.05, 0) is 43.9 Å². The van der Waals surface area contributed by atoms with Gasteiger partial charge in [0.1, 0.15) is 0 Å². The molecular weight excluding hydrogens is 477 g/mol. The van der Waals surface area contributed by atoms with E-state index in [2.05, 4.69) is 29.3 Å². The summed E-state index contributed by atoms with van der Waals surface area (Å²) in [6, 6.07) is 8.07. The summed E-state index contributed by atoms with van der Waals surface area (Å²) in [7, 11) is 1.70. The molecule has 0 aromatic heterocycles. The first-order valence-electron chi connectivity index (χ1n) is 9.57. The van der Waals surface area contributed by atoms with Crippen LogP contribution < -0.4 is 5.32 Å². The molecule has 1 heterocycles. The molecule has 1 aromatic carbocycles. The zero-order chi connectivity index (χ0) is 18.6. The van der Waals surface area contributed by atoms with Crippen LogP contribution >= 0.6 is 35.6 Å². The highest BCUT2D eigenvalue weighted by molar-refractivity contribution is 14.0. The Balaban J connectivity index is 0.00000364. The fourth-order valence-electron chi connectivity index (χ4n) is 3.10. The minimum Gasteiger partial charge on any atom is -0.382 e. The average Bonchev–Trinajstić information content (AvgIpc) is 3.12. The first-order valence-corrected chi connectivity index (χ1v) is 9.95. The lowest BCUT2D eigenvalue weighted by atomic mass is 10.1. The molecule has 0 saturated carbocycles. The van der Waals surface area contributed by atoms with Crippen molar-refractivity contribution in [2.45, 2.75) is 26.2 Å². The molecule has 1 N–H and O–H groups in total. The van der Waals surface area contributed by atoms with Crippen molar-refractivity contribution in [2.24, 2.45) is 10.9 Å². The smallest absolute Gasteiger partial charge is 0.193 e. The molecule has 0 radical (unpaired) electrons. The summed E-state index contributed by atoms with van der Waals surface area (Å²) >= 11 is 5.93. The highest BCUT2D eigenvalue weighted by Gasteiger charge is 2.24. The third-order valence-corrected chi connectivity index (χ3v) is 4.76. The monoisotopic (exact) mass is 509 g/mol. The maximum atomic E-state index is 5.93. The fourth-order valence-corrected chi connectivity index (χ4v) is 3.22. The summed E-state index contributed by atoms with van der Waals surface area (Å²) in [6.45, 7) is 8.02. The van der Waals surface area contributed by atoms with E-state index in [1.165, 1.54) is 5.56 Å². The number of ether oxygens (including phenoxy) is 2. The Morgan fingerprint density at radius 3 is 2.78 bits per heavy atom. The van der Waals surface area contributed by atoms with E-state index < -0.39 is 0 Å². The highest BCUT2D eigenvalue weighted by atomic mass is 127. The van der Waals surface area contributed by atoms with Crippen molar-refractivity contribution in [1.29, 1.82) is 0 Å². The third-order valence-electron chi connectivity index (χ3n) is 4.50. The normalized spacial score (nSPS) is 17.1. The van der Waals surface area contributed by atoms with Gasteiger partial charge < -0.3 is 19.7 Å². The van der Waals surface area contributed by atoms with Gasteiger partial charge in [-0.2, -0.15) is 0 Å². The number of guanidine groups is 1. The van der Waals surface area contributed by atoms with Gasteiger partial charge in [0.2, 0.25) is 0 Å². The van der Waals surface area contributed by atoms with Gasteiger partial charge in [-0.1, -0.05) is 23.7 Å². The van der Waals surface area contributed by atoms with Crippen LogP contribution in [0.15, 0.2) is 29.3 Å². The first-order chi connectivity index (χ1) is 12.7. The maximum Gasteiger partial charge on any atom is 0.193 e. The summed E-state index contributed by atoms with van der Waals surface area (Å²) in [5.74, 6) is 1.60. The maximum absolute atomic E-state index is 5.93. The minimum atomic E-state index is 0. The molecule has 1 saturated heterocycles. The Morgan fingerprint density at radius 2 is 2.07 bits per heavy atom. The van der Waals surface area contributed by atoms with Crippen molar-refractivity contribution in [2.75, 3.05) is 53.1 Å². The van der Waals surface area contributed by atoms with Crippen molar-refractivity contribution in [3.63, 3.8) is 0 Å². The SMILES string of the molecule is CCNC(=NCCCc1ccc(Cl)cc1)N1CCC(COCCOC)C1.I. The summed E-state index contributed by atoms with van der Waals surface area (Å²) < 4.78 is 10.7. The first kappa shape index (κ1) is 24.5. The summed E-state index contributed by atoms with van der Waals surface area (Å²) in [5.41, 5.74) is 1.31. The average molecular weight is 510 g/mol. The van der Waals surface area contributed by atoms with E-state index in [1.807, 2.05) is 12.1 Å². The van der Waals surface area contributed by atoms with Crippen LogP contribution in [0.2, 0.25) is 5.02 Å². The van der Waals surface area contributed by atoms with E-state index in [0.29, 0.717) is 19.1 Å². The van der Waals surface area contributed by atoms with Crippen molar-refractivity contribution in [1.82, 2.24) is 10.2 Å². The predicted molar refractivity (Wildman–Crippen MR) is 124 cm³/mol. The van der Waals surface area contributed by atoms with Crippen LogP contribution in [0.3, 0.4) is 0 Å². The zero-order valence-electron chi connectivity index (χ0n) is 16.5. The van der Waals surface area contributed by atoms with E-state index in [4.69, 9.17) is 26.1 Å². The summed E-state index contributed by atoms with van der Waals surface area (Å²) in [6.07, 6.45) is 3.21. The van der Waals surface area contributed by atoms with Crippen molar-refractivity contribution in [3.8, 4) is 0 Å². The molecule has 1 unspecified atom stereocenters. The van der Waals surface area contributed by atoms with Gasteiger partial charge in [0.15, 0.2) is 5.96 Å². The molecule has 1 aliphatic rings. The van der Waals surface area contributed by atoms with Crippen molar-refractivity contribution < 1.29 is 9.47 Å². The number of likely N-dealkylation sites (tertiary alicyclic amines) is 1. The molecule has 1 fully saturated rings. The highest BCUT2D eigenvalue weighted by Crippen LogP contribution is 2.17. The standard InChI is InChI=1S/C20H32ClN3O2.HI/c1-3-22-20(23-11-4-5-17-6-8-19(21)9-7-17)24-12-10-18(15-24)16-26-14-13-25-2;/h6-9,18H,3-5,10-16H2,1-2H3,(H,22,23);1H. The lowest BCUT2D eigenvalue weighted by molar-refractivity contribution is 0.0536. The lowest BCUT2D eigenvalue weighted by Gasteiger charge is -2.21. The second-order valence-electron chi connectivity index (χ2n) is 6.63. The van der Waals surface area contributed by atoms with E-state index in [9.17, 15) is 0 Å². The lowest BCUT2D eigenvalue weighted by Crippen LogP contribution is -2.40. The van der Waals surface area contributed by atoms with Gasteiger partial charge in [0.05, 0.1) is 19.8 Å². The van der Waals surface area contributed by atoms with E-state index in [1.54, 1.807) is 7.11 Å². The molecule has 7 heteroatoms. The number of nitrogens with zero attached hydrogens (tertiary/aromatic N) is 2. The van der Waals surface area contributed by atoms with Crippen LogP contribution in [-0.2, 0) is 15.9 Å². The molecule has 1 aromatic rings. The van der Waals surface area contributed by atoms with Crippen LogP contribution in [0, 0.1) is 5.92 Å². The van der Waals surface area contributed by atoms with Gasteiger partial charge in [-0.15, -0.1) is 24.0 Å². The van der Waals surface area contributed by atoms with Crippen molar-refractivity contribution in [3.05, 3.63) is 34.9 Å². The molecule has 5 nitrogen and oxygen atoms in total. The number of benzene rings is 1. The Morgan fingerprint density at radius 1 is 1.30 bits per heavy atom. The number of nitrogens with one attached hydrogen (secondary N) is 1. The number of hydrogen-bond donors (Lipinski definition) is 1. The van der Waals surface area contributed by atoms with Gasteiger partial charge in [-0.3, -0.25) is 4.99 Å². The molecule has 0 spiro atoms. The van der Waals surface area contributed by atoms with Crippen LogP contribution in [0.4, 0.5) is 0 Å². The largest absolute Gasteiger partial charge is 0.382 e. The Labute approximate surface area is 185 Å². The third kappa shape index (κ3) is 9.45. The molecule has 0 aliphatic carbocycles. The molecular formula is C20H33ClIN3O2. The minimum absolute atomic E-state index is 0. The quantitative estimate of drug-likeness (QED) is 0.225. The second kappa shape index (κ2) is 14.4. The Bertz CT molecular complexity index is 543. The molecule has 154 valence electrons. The Hall–Kier alpha value is -0.570. The van der Waals surface area contributed by atoms with Crippen LogP contribution in [-0.4, -0.2) is 64.0 Å². The summed E-state index contributed by atoms with van der Waals surface area (Å²) in [5, 5.41) is 4.21. The molecule has 1 aliphatic heterocycles. The second-order valence-corrected chi connectivity index (χ2v) is 7.07. The van der Waals surface area contributed by atoms with Gasteiger partial charge in [-0.25, -0.2) is 0 Å². The van der Waals surface area contributed by atoms with Crippen LogP contribution in [0.5, 0.6) is 0 Å². The zero-order valence-corrected chi connectivity index (χ0v) is 19.5. The summed E-state index contributed by atoms with van der Waals surface area (Å²) in [4.78, 5) is 7.17. The predicted octanol–water partition coefficient (Wildman–Crippen LogP) is 3.84. The molecule has 2 rings (SSSR count). The Kier molecular flexibility index (Phi) is 13.1. The number of halogens is 2. The van der Waals surface area contributed by atoms with Crippen molar-refractivity contribution >= 4 is 41.5 Å². The van der Waals surface area contributed by atoms with E-state index in [0.717, 1.165) is 63.0 Å². The van der Waals surface area contributed by atoms with Gasteiger partial charge >= 0.3 is 0 Å². The number of methoxy groups -OCH3 is 1. The number of rotatable bonds is 10. The topological polar surface area (TPSA) is 46.1 Å². The van der Waals surface area contributed by atoms with Gasteiger partial charge in [0, 0.05) is 44.2 Å². The van der Waals surface area contributed by atoms with Gasteiger partial charge in [0.25, 0.3) is 0 Å². The molecule has 0 amide bonds. The molecule has 0 bridgehead atoms. The fraction of sp³-hybridized carbons (Fsp3) is 0.650. The number of aryl methyl sites for hydroxylation is 1.